The molecule has 108 valence electrons. The lowest BCUT2D eigenvalue weighted by Crippen LogP contribution is -2.13. The molecule has 3 rings (SSSR count). The van der Waals surface area contributed by atoms with Gasteiger partial charge in [-0.05, 0) is 19.1 Å². The number of rotatable bonds is 4. The maximum absolute atomic E-state index is 6.35. The van der Waals surface area contributed by atoms with E-state index >= 15 is 0 Å². The number of anilines is 1. The number of para-hydroxylation sites is 1. The maximum atomic E-state index is 6.35. The summed E-state index contributed by atoms with van der Waals surface area (Å²) in [6.45, 7) is 2.07. The van der Waals surface area contributed by atoms with Crippen LogP contribution in [0.1, 0.15) is 18.8 Å². The molecule has 1 aromatic carbocycles. The van der Waals surface area contributed by atoms with Crippen molar-refractivity contribution in [2.45, 2.75) is 13.0 Å². The minimum atomic E-state index is 0.0609. The van der Waals surface area contributed by atoms with Crippen LogP contribution in [0.2, 0.25) is 5.02 Å². The first-order valence-electron chi connectivity index (χ1n) is 6.67. The third-order valence-electron chi connectivity index (χ3n) is 3.37. The van der Waals surface area contributed by atoms with E-state index in [0.717, 1.165) is 17.2 Å². The minimum absolute atomic E-state index is 0.0609. The lowest BCUT2D eigenvalue weighted by Gasteiger charge is -2.19. The van der Waals surface area contributed by atoms with E-state index in [1.54, 1.807) is 18.7 Å². The summed E-state index contributed by atoms with van der Waals surface area (Å²) in [5, 5.41) is 4.14. The first kappa shape index (κ1) is 13.7. The zero-order chi connectivity index (χ0) is 14.8. The fourth-order valence-electron chi connectivity index (χ4n) is 2.38. The number of hydrogen-bond donors (Lipinski definition) is 1. The maximum Gasteiger partial charge on any atom is 0.130 e. The molecule has 2 aromatic heterocycles. The second-order valence-electron chi connectivity index (χ2n) is 4.87. The molecule has 0 aliphatic carbocycles. The molecule has 0 amide bonds. The molecule has 5 nitrogen and oxygen atoms in total. The van der Waals surface area contributed by atoms with Gasteiger partial charge in [0.2, 0.25) is 0 Å². The molecule has 0 saturated heterocycles. The predicted octanol–water partition coefficient (Wildman–Crippen LogP) is 3.43. The first-order valence-corrected chi connectivity index (χ1v) is 7.05. The summed E-state index contributed by atoms with van der Waals surface area (Å²) in [6.07, 6.45) is 9.06. The van der Waals surface area contributed by atoms with Gasteiger partial charge < -0.3 is 14.5 Å². The van der Waals surface area contributed by atoms with Crippen molar-refractivity contribution >= 4 is 17.3 Å². The number of halogens is 1. The number of aryl methyl sites for hydroxylation is 1. The van der Waals surface area contributed by atoms with E-state index in [-0.39, 0.29) is 6.04 Å². The van der Waals surface area contributed by atoms with E-state index < -0.39 is 0 Å². The molecule has 0 bridgehead atoms. The number of benzene rings is 1. The Balaban J connectivity index is 1.96. The van der Waals surface area contributed by atoms with Gasteiger partial charge in [-0.3, -0.25) is 0 Å². The van der Waals surface area contributed by atoms with Crippen molar-refractivity contribution in [2.24, 2.45) is 7.05 Å². The van der Waals surface area contributed by atoms with Gasteiger partial charge in [-0.15, -0.1) is 0 Å². The number of nitrogens with zero attached hydrogens (tertiary/aromatic N) is 4. The van der Waals surface area contributed by atoms with Gasteiger partial charge in [0.25, 0.3) is 0 Å². The summed E-state index contributed by atoms with van der Waals surface area (Å²) in [7, 11) is 1.98. The summed E-state index contributed by atoms with van der Waals surface area (Å²) >= 11 is 6.35. The normalized spacial score (nSPS) is 12.3. The average Bonchev–Trinajstić information content (AvgIpc) is 3.10. The van der Waals surface area contributed by atoms with Gasteiger partial charge in [0.15, 0.2) is 0 Å². The summed E-state index contributed by atoms with van der Waals surface area (Å²) < 4.78 is 3.90. The molecule has 1 N–H and O–H groups in total. The number of imidazole rings is 2. The summed E-state index contributed by atoms with van der Waals surface area (Å²) in [4.78, 5) is 8.46. The molecule has 0 fully saturated rings. The number of hydrogen-bond acceptors (Lipinski definition) is 3. The second-order valence-corrected chi connectivity index (χ2v) is 5.28. The largest absolute Gasteiger partial charge is 0.374 e. The van der Waals surface area contributed by atoms with E-state index in [2.05, 4.69) is 22.2 Å². The molecule has 3 aromatic rings. The standard InChI is InChI=1S/C15H16ClN5/c1-11(15-18-7-8-20(15)2)19-13-5-3-4-12(16)14(13)21-9-6-17-10-21/h3-11,19H,1-2H3. The average molecular weight is 302 g/mol. The molecule has 0 spiro atoms. The number of aromatic nitrogens is 4. The Labute approximate surface area is 128 Å². The summed E-state index contributed by atoms with van der Waals surface area (Å²) in [5.41, 5.74) is 1.83. The van der Waals surface area contributed by atoms with E-state index in [4.69, 9.17) is 11.6 Å². The van der Waals surface area contributed by atoms with Crippen molar-refractivity contribution in [3.05, 3.63) is 60.2 Å². The van der Waals surface area contributed by atoms with Gasteiger partial charge in [0.1, 0.15) is 5.82 Å². The Kier molecular flexibility index (Phi) is 3.66. The van der Waals surface area contributed by atoms with Crippen LogP contribution in [0.15, 0.2) is 49.3 Å². The summed E-state index contributed by atoms with van der Waals surface area (Å²) in [5.74, 6) is 0.964. The molecule has 1 atom stereocenters. The van der Waals surface area contributed by atoms with Crippen LogP contribution in [-0.2, 0) is 7.05 Å². The molecular formula is C15H16ClN5. The van der Waals surface area contributed by atoms with Crippen molar-refractivity contribution in [1.29, 1.82) is 0 Å². The lowest BCUT2D eigenvalue weighted by molar-refractivity contribution is 0.721. The molecular weight excluding hydrogens is 286 g/mol. The van der Waals surface area contributed by atoms with Gasteiger partial charge >= 0.3 is 0 Å². The van der Waals surface area contributed by atoms with Crippen molar-refractivity contribution in [3.8, 4) is 5.69 Å². The van der Waals surface area contributed by atoms with Gasteiger partial charge in [0.05, 0.1) is 28.8 Å². The Bertz CT molecular complexity index is 732. The van der Waals surface area contributed by atoms with E-state index in [9.17, 15) is 0 Å². The van der Waals surface area contributed by atoms with Gasteiger partial charge in [-0.2, -0.15) is 0 Å². The third kappa shape index (κ3) is 2.64. The SMILES string of the molecule is CC(Nc1cccc(Cl)c1-n1ccnc1)c1nccn1C. The monoisotopic (exact) mass is 301 g/mol. The van der Waals surface area contributed by atoms with Gasteiger partial charge in [-0.25, -0.2) is 9.97 Å². The Morgan fingerprint density at radius 1 is 1.24 bits per heavy atom. The van der Waals surface area contributed by atoms with E-state index in [1.807, 2.05) is 46.8 Å². The van der Waals surface area contributed by atoms with Crippen LogP contribution in [-0.4, -0.2) is 19.1 Å². The fourth-order valence-corrected chi connectivity index (χ4v) is 2.65. The van der Waals surface area contributed by atoms with Crippen LogP contribution in [0.4, 0.5) is 5.69 Å². The lowest BCUT2D eigenvalue weighted by atomic mass is 10.2. The Morgan fingerprint density at radius 3 is 2.76 bits per heavy atom. The minimum Gasteiger partial charge on any atom is -0.374 e. The Hall–Kier alpha value is -2.27. The van der Waals surface area contributed by atoms with Crippen LogP contribution in [0, 0.1) is 0 Å². The highest BCUT2D eigenvalue weighted by Crippen LogP contribution is 2.30. The molecule has 21 heavy (non-hydrogen) atoms. The fraction of sp³-hybridized carbons (Fsp3) is 0.200. The quantitative estimate of drug-likeness (QED) is 0.803. The van der Waals surface area contributed by atoms with Crippen molar-refractivity contribution in [1.82, 2.24) is 19.1 Å². The van der Waals surface area contributed by atoms with Gasteiger partial charge in [-0.1, -0.05) is 17.7 Å². The smallest absolute Gasteiger partial charge is 0.130 e. The van der Waals surface area contributed by atoms with E-state index in [0.29, 0.717) is 5.02 Å². The molecule has 0 saturated carbocycles. The van der Waals surface area contributed by atoms with Gasteiger partial charge in [0, 0.05) is 31.8 Å². The molecule has 2 heterocycles. The van der Waals surface area contributed by atoms with Crippen molar-refractivity contribution in [3.63, 3.8) is 0 Å². The highest BCUT2D eigenvalue weighted by Gasteiger charge is 2.14. The zero-order valence-corrected chi connectivity index (χ0v) is 12.6. The number of nitrogens with one attached hydrogen (secondary N) is 1. The molecule has 6 heteroatoms. The molecule has 0 aliphatic rings. The predicted molar refractivity (Wildman–Crippen MR) is 83.8 cm³/mol. The van der Waals surface area contributed by atoms with Crippen molar-refractivity contribution in [2.75, 3.05) is 5.32 Å². The molecule has 0 aliphatic heterocycles. The molecule has 1 unspecified atom stereocenters. The summed E-state index contributed by atoms with van der Waals surface area (Å²) in [6, 6.07) is 5.86. The van der Waals surface area contributed by atoms with Crippen LogP contribution < -0.4 is 5.32 Å². The van der Waals surface area contributed by atoms with Crippen LogP contribution >= 0.6 is 11.6 Å². The van der Waals surface area contributed by atoms with Crippen molar-refractivity contribution < 1.29 is 0 Å². The highest BCUT2D eigenvalue weighted by atomic mass is 35.5. The van der Waals surface area contributed by atoms with E-state index in [1.165, 1.54) is 0 Å². The zero-order valence-electron chi connectivity index (χ0n) is 11.9. The van der Waals surface area contributed by atoms with Crippen LogP contribution in [0.5, 0.6) is 0 Å². The highest BCUT2D eigenvalue weighted by molar-refractivity contribution is 6.33. The first-order chi connectivity index (χ1) is 10.2. The Morgan fingerprint density at radius 2 is 2.10 bits per heavy atom. The molecule has 0 radical (unpaired) electrons. The van der Waals surface area contributed by atoms with Crippen LogP contribution in [0.25, 0.3) is 5.69 Å². The second kappa shape index (κ2) is 5.61. The topological polar surface area (TPSA) is 47.7 Å². The van der Waals surface area contributed by atoms with Crippen LogP contribution in [0.3, 0.4) is 0 Å². The third-order valence-corrected chi connectivity index (χ3v) is 3.67.